The molecule has 0 bridgehead atoms. The number of carbonyl (C=O) groups is 1. The molecule has 0 aliphatic heterocycles. The van der Waals surface area contributed by atoms with Gasteiger partial charge in [-0.2, -0.15) is 0 Å². The number of rotatable bonds is 6. The van der Waals surface area contributed by atoms with E-state index in [1.807, 2.05) is 0 Å². The fourth-order valence-corrected chi connectivity index (χ4v) is 2.60. The number of carboxylic acids is 1. The highest BCUT2D eigenvalue weighted by atomic mass is 32.2. The van der Waals surface area contributed by atoms with Crippen molar-refractivity contribution in [2.45, 2.75) is 18.7 Å². The fraction of sp³-hybridized carbons (Fsp3) is 0.364. The summed E-state index contributed by atoms with van der Waals surface area (Å²) in [5.41, 5.74) is -0.102. The van der Waals surface area contributed by atoms with E-state index in [-0.39, 0.29) is 22.8 Å². The fourth-order valence-electron chi connectivity index (χ4n) is 1.39. The minimum absolute atomic E-state index is 0.102. The first-order valence-corrected chi connectivity index (χ1v) is 6.90. The predicted octanol–water partition coefficient (Wildman–Crippen LogP) is 1.08. The van der Waals surface area contributed by atoms with Crippen LogP contribution in [0.5, 0.6) is 5.75 Å². The number of aromatic carboxylic acids is 1. The van der Waals surface area contributed by atoms with Gasteiger partial charge in [0.1, 0.15) is 10.6 Å². The number of sulfonamides is 1. The van der Waals surface area contributed by atoms with Crippen LogP contribution in [0.25, 0.3) is 0 Å². The average Bonchev–Trinajstić information content (AvgIpc) is 2.29. The molecule has 0 fully saturated rings. The number of benzene rings is 1. The number of ether oxygens (including phenoxy) is 1. The van der Waals surface area contributed by atoms with E-state index < -0.39 is 16.0 Å². The summed E-state index contributed by atoms with van der Waals surface area (Å²) in [6, 6.07) is 3.74. The van der Waals surface area contributed by atoms with Crippen LogP contribution in [0, 0.1) is 0 Å². The molecule has 1 aromatic carbocycles. The highest BCUT2D eigenvalue weighted by molar-refractivity contribution is 7.89. The van der Waals surface area contributed by atoms with E-state index in [0.29, 0.717) is 6.61 Å². The molecular weight excluding hydrogens is 258 g/mol. The summed E-state index contributed by atoms with van der Waals surface area (Å²) >= 11 is 0. The number of hydrogen-bond donors (Lipinski definition) is 2. The highest BCUT2D eigenvalue weighted by Gasteiger charge is 2.20. The van der Waals surface area contributed by atoms with Gasteiger partial charge >= 0.3 is 5.97 Å². The first-order chi connectivity index (χ1) is 8.42. The molecule has 0 aliphatic carbocycles. The van der Waals surface area contributed by atoms with Crippen LogP contribution in [-0.2, 0) is 10.0 Å². The van der Waals surface area contributed by atoms with Gasteiger partial charge in [-0.05, 0) is 25.1 Å². The van der Waals surface area contributed by atoms with E-state index in [2.05, 4.69) is 4.72 Å². The molecule has 0 saturated heterocycles. The molecule has 100 valence electrons. The Hall–Kier alpha value is -1.60. The number of carboxylic acid groups (broad SMARTS) is 1. The zero-order valence-corrected chi connectivity index (χ0v) is 11.0. The predicted molar refractivity (Wildman–Crippen MR) is 65.4 cm³/mol. The third-order valence-electron chi connectivity index (χ3n) is 2.11. The first-order valence-electron chi connectivity index (χ1n) is 5.42. The molecule has 0 atom stereocenters. The topological polar surface area (TPSA) is 92.7 Å². The number of nitrogens with one attached hydrogen (secondary N) is 1. The van der Waals surface area contributed by atoms with Gasteiger partial charge in [0.05, 0.1) is 12.2 Å². The summed E-state index contributed by atoms with van der Waals surface area (Å²) in [6.07, 6.45) is 0. The molecule has 1 aromatic rings. The second kappa shape index (κ2) is 5.83. The normalized spacial score (nSPS) is 11.2. The molecule has 0 aromatic heterocycles. The zero-order chi connectivity index (χ0) is 13.8. The van der Waals surface area contributed by atoms with Crippen molar-refractivity contribution < 1.29 is 23.1 Å². The molecule has 0 unspecified atom stereocenters. The van der Waals surface area contributed by atoms with Gasteiger partial charge in [-0.1, -0.05) is 6.92 Å². The van der Waals surface area contributed by atoms with Gasteiger partial charge in [0.2, 0.25) is 10.0 Å². The van der Waals surface area contributed by atoms with Crippen LogP contribution in [0.2, 0.25) is 0 Å². The summed E-state index contributed by atoms with van der Waals surface area (Å²) in [7, 11) is -3.76. The molecule has 0 amide bonds. The summed E-state index contributed by atoms with van der Waals surface area (Å²) in [5.74, 6) is -1.05. The molecule has 2 N–H and O–H groups in total. The van der Waals surface area contributed by atoms with Gasteiger partial charge in [0.25, 0.3) is 0 Å². The standard InChI is InChI=1S/C11H15NO5S/c1-3-12-18(15,16)10-7-8(11(13)14)5-6-9(10)17-4-2/h5-7,12H,3-4H2,1-2H3,(H,13,14). The molecule has 7 heteroatoms. The Morgan fingerprint density at radius 2 is 2.06 bits per heavy atom. The maximum absolute atomic E-state index is 11.9. The Balaban J connectivity index is 3.36. The van der Waals surface area contributed by atoms with Crippen molar-refractivity contribution in [3.8, 4) is 5.75 Å². The average molecular weight is 273 g/mol. The lowest BCUT2D eigenvalue weighted by molar-refractivity contribution is 0.0696. The van der Waals surface area contributed by atoms with Crippen molar-refractivity contribution in [1.82, 2.24) is 4.72 Å². The smallest absolute Gasteiger partial charge is 0.335 e. The zero-order valence-electron chi connectivity index (χ0n) is 10.1. The quantitative estimate of drug-likeness (QED) is 0.809. The van der Waals surface area contributed by atoms with E-state index in [9.17, 15) is 13.2 Å². The maximum atomic E-state index is 11.9. The molecule has 0 radical (unpaired) electrons. The largest absolute Gasteiger partial charge is 0.492 e. The van der Waals surface area contributed by atoms with Crippen LogP contribution in [0.4, 0.5) is 0 Å². The first kappa shape index (κ1) is 14.5. The Kier molecular flexibility index (Phi) is 4.69. The summed E-state index contributed by atoms with van der Waals surface area (Å²) in [4.78, 5) is 10.7. The van der Waals surface area contributed by atoms with Crippen molar-refractivity contribution in [3.63, 3.8) is 0 Å². The molecule has 1 rings (SSSR count). The van der Waals surface area contributed by atoms with Crippen LogP contribution < -0.4 is 9.46 Å². The van der Waals surface area contributed by atoms with Crippen molar-refractivity contribution in [3.05, 3.63) is 23.8 Å². The lowest BCUT2D eigenvalue weighted by Crippen LogP contribution is -2.24. The Labute approximate surface area is 106 Å². The van der Waals surface area contributed by atoms with E-state index in [1.165, 1.54) is 12.1 Å². The third-order valence-corrected chi connectivity index (χ3v) is 3.68. The lowest BCUT2D eigenvalue weighted by atomic mass is 10.2. The van der Waals surface area contributed by atoms with Crippen LogP contribution in [0.1, 0.15) is 24.2 Å². The number of hydrogen-bond acceptors (Lipinski definition) is 4. The van der Waals surface area contributed by atoms with Crippen molar-refractivity contribution >= 4 is 16.0 Å². The maximum Gasteiger partial charge on any atom is 0.335 e. The minimum atomic E-state index is -3.76. The van der Waals surface area contributed by atoms with Gasteiger partial charge in [0, 0.05) is 6.54 Å². The SMILES string of the molecule is CCNS(=O)(=O)c1cc(C(=O)O)ccc1OCC. The van der Waals surface area contributed by atoms with Crippen LogP contribution >= 0.6 is 0 Å². The van der Waals surface area contributed by atoms with Crippen LogP contribution in [-0.4, -0.2) is 32.6 Å². The third kappa shape index (κ3) is 3.21. The second-order valence-electron chi connectivity index (χ2n) is 3.40. The van der Waals surface area contributed by atoms with Gasteiger partial charge in [-0.15, -0.1) is 0 Å². The van der Waals surface area contributed by atoms with Crippen molar-refractivity contribution in [2.75, 3.05) is 13.2 Å². The van der Waals surface area contributed by atoms with Gasteiger partial charge < -0.3 is 9.84 Å². The van der Waals surface area contributed by atoms with E-state index in [4.69, 9.17) is 9.84 Å². The van der Waals surface area contributed by atoms with Crippen molar-refractivity contribution in [2.24, 2.45) is 0 Å². The molecule has 6 nitrogen and oxygen atoms in total. The lowest BCUT2D eigenvalue weighted by Gasteiger charge is -2.11. The molecule has 0 saturated carbocycles. The second-order valence-corrected chi connectivity index (χ2v) is 5.14. The summed E-state index contributed by atoms with van der Waals surface area (Å²) < 4.78 is 31.3. The monoisotopic (exact) mass is 273 g/mol. The van der Waals surface area contributed by atoms with Crippen LogP contribution in [0.3, 0.4) is 0 Å². The van der Waals surface area contributed by atoms with Crippen molar-refractivity contribution in [1.29, 1.82) is 0 Å². The Bertz CT molecular complexity index is 538. The van der Waals surface area contributed by atoms with Gasteiger partial charge in [-0.3, -0.25) is 0 Å². The summed E-state index contributed by atoms with van der Waals surface area (Å²) in [6.45, 7) is 3.86. The molecule has 0 spiro atoms. The molecule has 0 aliphatic rings. The van der Waals surface area contributed by atoms with E-state index in [1.54, 1.807) is 13.8 Å². The summed E-state index contributed by atoms with van der Waals surface area (Å²) in [5, 5.41) is 8.87. The highest BCUT2D eigenvalue weighted by Crippen LogP contribution is 2.25. The Morgan fingerprint density at radius 3 is 2.56 bits per heavy atom. The van der Waals surface area contributed by atoms with Gasteiger partial charge in [-0.25, -0.2) is 17.9 Å². The molecule has 18 heavy (non-hydrogen) atoms. The van der Waals surface area contributed by atoms with Gasteiger partial charge in [0.15, 0.2) is 0 Å². The molecular formula is C11H15NO5S. The van der Waals surface area contributed by atoms with E-state index in [0.717, 1.165) is 6.07 Å². The van der Waals surface area contributed by atoms with E-state index >= 15 is 0 Å². The molecule has 0 heterocycles. The van der Waals surface area contributed by atoms with Crippen LogP contribution in [0.15, 0.2) is 23.1 Å². The minimum Gasteiger partial charge on any atom is -0.492 e. The Morgan fingerprint density at radius 1 is 1.39 bits per heavy atom.